The summed E-state index contributed by atoms with van der Waals surface area (Å²) in [5.41, 5.74) is 0. The Morgan fingerprint density at radius 3 is 3.04 bits per heavy atom. The molecule has 28 heavy (non-hydrogen) atoms. The summed E-state index contributed by atoms with van der Waals surface area (Å²) < 4.78 is 30.2. The zero-order valence-electron chi connectivity index (χ0n) is 14.6. The molecule has 2 heterocycles. The van der Waals surface area contributed by atoms with Crippen LogP contribution in [-0.2, 0) is 11.3 Å². The third-order valence-corrected chi connectivity index (χ3v) is 4.09. The highest BCUT2D eigenvalue weighted by atomic mass is 79.9. The quantitative estimate of drug-likeness (QED) is 0.517. The van der Waals surface area contributed by atoms with Crippen LogP contribution in [0, 0.1) is 5.82 Å². The van der Waals surface area contributed by atoms with Crippen LogP contribution in [0.3, 0.4) is 0 Å². The van der Waals surface area contributed by atoms with Gasteiger partial charge < -0.3 is 19.1 Å². The number of halogens is 2. The number of nitrogens with zero attached hydrogens (tertiary/aromatic N) is 5. The minimum atomic E-state index is -1.09. The van der Waals surface area contributed by atoms with Gasteiger partial charge in [-0.15, -0.1) is 10.2 Å². The molecule has 10 nitrogen and oxygen atoms in total. The normalized spacial score (nSPS) is 12.0. The molecule has 0 fully saturated rings. The lowest BCUT2D eigenvalue weighted by Crippen LogP contribution is -2.16. The number of hydrogen-bond acceptors (Lipinski definition) is 8. The highest BCUT2D eigenvalue weighted by Crippen LogP contribution is 2.26. The Bertz CT molecular complexity index is 963. The third kappa shape index (κ3) is 5.25. The molecule has 0 amide bonds. The summed E-state index contributed by atoms with van der Waals surface area (Å²) in [7, 11) is 0. The summed E-state index contributed by atoms with van der Waals surface area (Å²) in [6, 6.07) is 5.68. The van der Waals surface area contributed by atoms with Crippen LogP contribution in [-0.4, -0.2) is 49.2 Å². The van der Waals surface area contributed by atoms with Gasteiger partial charge in [-0.1, -0.05) is 0 Å². The molecular formula is C16H15BrFN5O5. The van der Waals surface area contributed by atoms with Gasteiger partial charge in [0.15, 0.2) is 6.54 Å². The van der Waals surface area contributed by atoms with E-state index in [9.17, 15) is 9.18 Å². The van der Waals surface area contributed by atoms with Crippen molar-refractivity contribution in [3.63, 3.8) is 0 Å². The van der Waals surface area contributed by atoms with Gasteiger partial charge in [-0.3, -0.25) is 4.79 Å². The van der Waals surface area contributed by atoms with E-state index in [2.05, 4.69) is 36.5 Å². The summed E-state index contributed by atoms with van der Waals surface area (Å²) in [6.45, 7) is 1.71. The van der Waals surface area contributed by atoms with E-state index in [-0.39, 0.29) is 29.4 Å². The lowest BCUT2D eigenvalue weighted by molar-refractivity contribution is -0.138. The Kier molecular flexibility index (Phi) is 6.19. The van der Waals surface area contributed by atoms with Crippen molar-refractivity contribution >= 4 is 21.9 Å². The van der Waals surface area contributed by atoms with E-state index in [1.54, 1.807) is 6.07 Å². The van der Waals surface area contributed by atoms with Gasteiger partial charge in [0, 0.05) is 12.5 Å². The first-order valence-corrected chi connectivity index (χ1v) is 8.91. The first-order chi connectivity index (χ1) is 13.4. The maximum absolute atomic E-state index is 13.2. The Morgan fingerprint density at radius 1 is 1.43 bits per heavy atom. The van der Waals surface area contributed by atoms with E-state index < -0.39 is 12.5 Å². The molecule has 0 aliphatic rings. The Balaban J connectivity index is 1.51. The van der Waals surface area contributed by atoms with Gasteiger partial charge in [-0.25, -0.2) is 4.39 Å². The molecule has 0 bridgehead atoms. The van der Waals surface area contributed by atoms with Crippen LogP contribution in [0.15, 0.2) is 33.3 Å². The van der Waals surface area contributed by atoms with E-state index in [0.29, 0.717) is 23.2 Å². The zero-order chi connectivity index (χ0) is 20.1. The van der Waals surface area contributed by atoms with Crippen molar-refractivity contribution < 1.29 is 28.3 Å². The maximum Gasteiger partial charge on any atom is 0.327 e. The van der Waals surface area contributed by atoms with Crippen LogP contribution in [0.2, 0.25) is 0 Å². The van der Waals surface area contributed by atoms with Crippen LogP contribution in [0.4, 0.5) is 4.39 Å². The summed E-state index contributed by atoms with van der Waals surface area (Å²) in [5.74, 6) is -0.567. The average Bonchev–Trinajstić information content (AvgIpc) is 3.27. The van der Waals surface area contributed by atoms with Crippen molar-refractivity contribution in [3.05, 3.63) is 34.6 Å². The van der Waals surface area contributed by atoms with Gasteiger partial charge in [0.2, 0.25) is 11.6 Å². The van der Waals surface area contributed by atoms with E-state index >= 15 is 0 Å². The molecule has 1 N–H and O–H groups in total. The molecule has 0 aliphatic heterocycles. The minimum absolute atomic E-state index is 0.0931. The second kappa shape index (κ2) is 8.78. The largest absolute Gasteiger partial charge is 0.492 e. The van der Waals surface area contributed by atoms with Crippen LogP contribution < -0.4 is 9.47 Å². The number of ether oxygens (including phenoxy) is 2. The predicted octanol–water partition coefficient (Wildman–Crippen LogP) is 2.55. The maximum atomic E-state index is 13.2. The van der Waals surface area contributed by atoms with Crippen LogP contribution in [0.5, 0.6) is 11.6 Å². The number of rotatable bonds is 9. The molecule has 0 radical (unpaired) electrons. The summed E-state index contributed by atoms with van der Waals surface area (Å²) >= 11 is 3.29. The molecule has 1 aromatic carbocycles. The number of hydrogen-bond donors (Lipinski definition) is 1. The first kappa shape index (κ1) is 19.7. The van der Waals surface area contributed by atoms with Crippen molar-refractivity contribution in [2.24, 2.45) is 0 Å². The number of carboxylic acids is 1. The lowest BCUT2D eigenvalue weighted by Gasteiger charge is -2.13. The molecule has 1 unspecified atom stereocenters. The van der Waals surface area contributed by atoms with E-state index in [4.69, 9.17) is 19.1 Å². The Labute approximate surface area is 166 Å². The second-order valence-electron chi connectivity index (χ2n) is 5.71. The van der Waals surface area contributed by atoms with Gasteiger partial charge in [0.25, 0.3) is 5.88 Å². The van der Waals surface area contributed by atoms with Crippen molar-refractivity contribution in [2.75, 3.05) is 6.61 Å². The average molecular weight is 456 g/mol. The molecule has 0 aliphatic carbocycles. The molecule has 12 heteroatoms. The minimum Gasteiger partial charge on any atom is -0.492 e. The monoisotopic (exact) mass is 455 g/mol. The first-order valence-electron chi connectivity index (χ1n) is 8.12. The van der Waals surface area contributed by atoms with Crippen molar-refractivity contribution in [1.29, 1.82) is 0 Å². The molecular weight excluding hydrogens is 441 g/mol. The van der Waals surface area contributed by atoms with Gasteiger partial charge in [-0.2, -0.15) is 4.80 Å². The van der Waals surface area contributed by atoms with E-state index in [1.165, 1.54) is 18.2 Å². The number of benzene rings is 1. The van der Waals surface area contributed by atoms with E-state index in [1.807, 2.05) is 6.92 Å². The fraction of sp³-hybridized carbons (Fsp3) is 0.312. The van der Waals surface area contributed by atoms with Gasteiger partial charge in [0.05, 0.1) is 17.1 Å². The van der Waals surface area contributed by atoms with Crippen LogP contribution in [0.25, 0.3) is 11.6 Å². The second-order valence-corrected chi connectivity index (χ2v) is 6.56. The summed E-state index contributed by atoms with van der Waals surface area (Å²) in [5, 5.41) is 23.7. The molecule has 1 atom stereocenters. The summed E-state index contributed by atoms with van der Waals surface area (Å²) in [4.78, 5) is 11.6. The summed E-state index contributed by atoms with van der Waals surface area (Å²) in [6.07, 6.45) is 0.249. The lowest BCUT2D eigenvalue weighted by atomic mass is 10.3. The highest BCUT2D eigenvalue weighted by molar-refractivity contribution is 9.10. The fourth-order valence-corrected chi connectivity index (χ4v) is 2.50. The molecule has 3 aromatic rings. The molecule has 0 saturated heterocycles. The van der Waals surface area contributed by atoms with Crippen LogP contribution >= 0.6 is 15.9 Å². The van der Waals surface area contributed by atoms with E-state index in [0.717, 1.165) is 4.80 Å². The van der Waals surface area contributed by atoms with Crippen molar-refractivity contribution in [1.82, 2.24) is 25.4 Å². The number of aromatic nitrogens is 5. The number of aliphatic carboxylic acids is 1. The Morgan fingerprint density at radius 2 is 2.25 bits per heavy atom. The predicted molar refractivity (Wildman–Crippen MR) is 95.3 cm³/mol. The van der Waals surface area contributed by atoms with Crippen molar-refractivity contribution in [3.8, 4) is 23.2 Å². The van der Waals surface area contributed by atoms with Crippen molar-refractivity contribution in [2.45, 2.75) is 26.0 Å². The number of tetrazole rings is 1. The van der Waals surface area contributed by atoms with Gasteiger partial charge >= 0.3 is 5.97 Å². The fourth-order valence-electron chi connectivity index (χ4n) is 2.14. The molecule has 3 rings (SSSR count). The SMILES string of the molecule is CC(CCOc1cc(F)ccc1Br)Oc1cc(-c2nnn(CC(=O)O)n2)on1. The number of carbonyl (C=O) groups is 1. The van der Waals surface area contributed by atoms with Gasteiger partial charge in [0.1, 0.15) is 17.7 Å². The Hall–Kier alpha value is -3.02. The molecule has 148 valence electrons. The van der Waals surface area contributed by atoms with Crippen LogP contribution in [0.1, 0.15) is 13.3 Å². The highest BCUT2D eigenvalue weighted by Gasteiger charge is 2.16. The smallest absolute Gasteiger partial charge is 0.327 e. The number of carboxylic acid groups (broad SMARTS) is 1. The standard InChI is InChI=1S/C16H15BrFN5O5/c1-9(4-5-26-12-6-10(18)2-3-11(12)17)27-14-7-13(28-21-14)16-19-22-23(20-16)8-15(24)25/h2-3,6-7,9H,4-5,8H2,1H3,(H,24,25). The molecule has 2 aromatic heterocycles. The van der Waals surface area contributed by atoms with Gasteiger partial charge in [-0.05, 0) is 45.4 Å². The molecule has 0 spiro atoms. The molecule has 0 saturated carbocycles. The third-order valence-electron chi connectivity index (χ3n) is 3.44. The topological polar surface area (TPSA) is 125 Å². The zero-order valence-corrected chi connectivity index (χ0v) is 16.2.